The van der Waals surface area contributed by atoms with Crippen molar-refractivity contribution in [2.24, 2.45) is 0 Å². The highest BCUT2D eigenvalue weighted by atomic mass is 15.1. The Morgan fingerprint density at radius 1 is 1.00 bits per heavy atom. The van der Waals surface area contributed by atoms with Gasteiger partial charge in [0.05, 0.1) is 11.4 Å². The van der Waals surface area contributed by atoms with E-state index in [1.807, 2.05) is 0 Å². The van der Waals surface area contributed by atoms with Gasteiger partial charge in [-0.25, -0.2) is 9.97 Å². The highest BCUT2D eigenvalue weighted by Gasteiger charge is 2.24. The molecule has 88 valence electrons. The standard InChI is InChI=1S/C13H21N3/c1-8(2)12-10-6-16(5)7-11(10)14-13(15-12)9(3)4/h8-9H,6-7H2,1-5H3. The molecule has 0 atom stereocenters. The molecule has 0 N–H and O–H groups in total. The quantitative estimate of drug-likeness (QED) is 0.765. The first-order valence-electron chi connectivity index (χ1n) is 6.07. The molecule has 0 aromatic carbocycles. The Morgan fingerprint density at radius 3 is 2.25 bits per heavy atom. The Morgan fingerprint density at radius 2 is 1.69 bits per heavy atom. The van der Waals surface area contributed by atoms with Crippen LogP contribution in [0.5, 0.6) is 0 Å². The SMILES string of the molecule is CC(C)c1nc2c(c(C(C)C)n1)CN(C)C2. The molecule has 1 aliphatic rings. The molecule has 3 nitrogen and oxygen atoms in total. The van der Waals surface area contributed by atoms with Crippen LogP contribution in [0.2, 0.25) is 0 Å². The van der Waals surface area contributed by atoms with E-state index in [0.717, 1.165) is 18.9 Å². The second kappa shape index (κ2) is 4.13. The topological polar surface area (TPSA) is 29.0 Å². The minimum absolute atomic E-state index is 0.411. The Balaban J connectivity index is 2.51. The van der Waals surface area contributed by atoms with Gasteiger partial charge in [0.25, 0.3) is 0 Å². The second-order valence-electron chi connectivity index (χ2n) is 5.37. The van der Waals surface area contributed by atoms with Gasteiger partial charge in [-0.2, -0.15) is 0 Å². The minimum Gasteiger partial charge on any atom is -0.296 e. The van der Waals surface area contributed by atoms with Crippen molar-refractivity contribution in [3.05, 3.63) is 22.8 Å². The van der Waals surface area contributed by atoms with Crippen LogP contribution < -0.4 is 0 Å². The van der Waals surface area contributed by atoms with E-state index < -0.39 is 0 Å². The molecule has 1 aliphatic heterocycles. The van der Waals surface area contributed by atoms with Crippen molar-refractivity contribution in [2.45, 2.75) is 52.6 Å². The molecule has 0 saturated heterocycles. The summed E-state index contributed by atoms with van der Waals surface area (Å²) in [6.45, 7) is 10.7. The van der Waals surface area contributed by atoms with Gasteiger partial charge < -0.3 is 0 Å². The van der Waals surface area contributed by atoms with Crippen LogP contribution in [0.4, 0.5) is 0 Å². The minimum atomic E-state index is 0.411. The maximum Gasteiger partial charge on any atom is 0.131 e. The summed E-state index contributed by atoms with van der Waals surface area (Å²) in [4.78, 5) is 11.7. The zero-order valence-corrected chi connectivity index (χ0v) is 10.9. The maximum atomic E-state index is 4.74. The molecule has 1 aromatic heterocycles. The van der Waals surface area contributed by atoms with Crippen molar-refractivity contribution in [1.82, 2.24) is 14.9 Å². The van der Waals surface area contributed by atoms with Crippen LogP contribution in [0.15, 0.2) is 0 Å². The van der Waals surface area contributed by atoms with E-state index in [-0.39, 0.29) is 0 Å². The van der Waals surface area contributed by atoms with Crippen molar-refractivity contribution < 1.29 is 0 Å². The lowest BCUT2D eigenvalue weighted by atomic mass is 10.0. The summed E-state index contributed by atoms with van der Waals surface area (Å²) in [7, 11) is 2.14. The van der Waals surface area contributed by atoms with Gasteiger partial charge >= 0.3 is 0 Å². The predicted octanol–water partition coefficient (Wildman–Crippen LogP) is 2.67. The molecule has 3 heteroatoms. The van der Waals surface area contributed by atoms with Gasteiger partial charge in [-0.3, -0.25) is 4.90 Å². The van der Waals surface area contributed by atoms with Crippen LogP contribution in [0.3, 0.4) is 0 Å². The third-order valence-corrected chi connectivity index (χ3v) is 3.05. The van der Waals surface area contributed by atoms with Gasteiger partial charge in [-0.1, -0.05) is 27.7 Å². The summed E-state index contributed by atoms with van der Waals surface area (Å²) >= 11 is 0. The van der Waals surface area contributed by atoms with E-state index in [2.05, 4.69) is 39.6 Å². The number of aromatic nitrogens is 2. The molecular weight excluding hydrogens is 198 g/mol. The van der Waals surface area contributed by atoms with E-state index in [1.54, 1.807) is 0 Å². The van der Waals surface area contributed by atoms with Crippen molar-refractivity contribution in [3.63, 3.8) is 0 Å². The Labute approximate surface area is 97.9 Å². The molecule has 0 bridgehead atoms. The fourth-order valence-electron chi connectivity index (χ4n) is 2.19. The molecule has 0 unspecified atom stereocenters. The normalized spacial score (nSPS) is 16.2. The average molecular weight is 219 g/mol. The molecule has 0 spiro atoms. The van der Waals surface area contributed by atoms with Crippen LogP contribution in [0, 0.1) is 0 Å². The maximum absolute atomic E-state index is 4.74. The molecule has 0 radical (unpaired) electrons. The fourth-order valence-corrected chi connectivity index (χ4v) is 2.19. The van der Waals surface area contributed by atoms with Crippen LogP contribution >= 0.6 is 0 Å². The highest BCUT2D eigenvalue weighted by Crippen LogP contribution is 2.28. The summed E-state index contributed by atoms with van der Waals surface area (Å²) < 4.78 is 0. The lowest BCUT2D eigenvalue weighted by Crippen LogP contribution is -2.09. The molecule has 2 rings (SSSR count). The van der Waals surface area contributed by atoms with Gasteiger partial charge in [0.2, 0.25) is 0 Å². The van der Waals surface area contributed by atoms with E-state index >= 15 is 0 Å². The first-order valence-corrected chi connectivity index (χ1v) is 6.07. The molecule has 2 heterocycles. The first kappa shape index (κ1) is 11.5. The first-order chi connectivity index (χ1) is 7.49. The smallest absolute Gasteiger partial charge is 0.131 e. The molecule has 0 aliphatic carbocycles. The van der Waals surface area contributed by atoms with Gasteiger partial charge in [-0.05, 0) is 13.0 Å². The van der Waals surface area contributed by atoms with Gasteiger partial charge in [0.15, 0.2) is 0 Å². The summed E-state index contributed by atoms with van der Waals surface area (Å²) in [6, 6.07) is 0. The Hall–Kier alpha value is -0.960. The zero-order valence-electron chi connectivity index (χ0n) is 10.9. The highest BCUT2D eigenvalue weighted by molar-refractivity contribution is 5.31. The molecule has 16 heavy (non-hydrogen) atoms. The number of hydrogen-bond donors (Lipinski definition) is 0. The predicted molar refractivity (Wildman–Crippen MR) is 65.4 cm³/mol. The van der Waals surface area contributed by atoms with Crippen molar-refractivity contribution >= 4 is 0 Å². The lowest BCUT2D eigenvalue weighted by molar-refractivity contribution is 0.350. The summed E-state index contributed by atoms with van der Waals surface area (Å²) in [5.41, 5.74) is 3.85. The molecular formula is C13H21N3. The van der Waals surface area contributed by atoms with Gasteiger partial charge in [-0.15, -0.1) is 0 Å². The van der Waals surface area contributed by atoms with Crippen LogP contribution in [-0.2, 0) is 13.1 Å². The van der Waals surface area contributed by atoms with Crippen molar-refractivity contribution in [2.75, 3.05) is 7.05 Å². The third-order valence-electron chi connectivity index (χ3n) is 3.05. The van der Waals surface area contributed by atoms with Crippen molar-refractivity contribution in [1.29, 1.82) is 0 Å². The average Bonchev–Trinajstić information content (AvgIpc) is 2.55. The number of fused-ring (bicyclic) bond motifs is 1. The van der Waals surface area contributed by atoms with Crippen molar-refractivity contribution in [3.8, 4) is 0 Å². The van der Waals surface area contributed by atoms with Gasteiger partial charge in [0, 0.05) is 24.6 Å². The molecule has 0 amide bonds. The van der Waals surface area contributed by atoms with E-state index in [4.69, 9.17) is 9.97 Å². The summed E-state index contributed by atoms with van der Waals surface area (Å²) in [5, 5.41) is 0. The second-order valence-corrected chi connectivity index (χ2v) is 5.37. The lowest BCUT2D eigenvalue weighted by Gasteiger charge is -2.13. The summed E-state index contributed by atoms with van der Waals surface area (Å²) in [6.07, 6.45) is 0. The van der Waals surface area contributed by atoms with E-state index in [1.165, 1.54) is 17.0 Å². The number of rotatable bonds is 2. The number of nitrogens with zero attached hydrogens (tertiary/aromatic N) is 3. The Kier molecular flexibility index (Phi) is 2.98. The largest absolute Gasteiger partial charge is 0.296 e. The third kappa shape index (κ3) is 1.96. The van der Waals surface area contributed by atoms with E-state index in [9.17, 15) is 0 Å². The van der Waals surface area contributed by atoms with Crippen LogP contribution in [0.25, 0.3) is 0 Å². The zero-order chi connectivity index (χ0) is 11.9. The molecule has 1 aromatic rings. The van der Waals surface area contributed by atoms with Crippen LogP contribution in [-0.4, -0.2) is 21.9 Å². The van der Waals surface area contributed by atoms with Gasteiger partial charge in [0.1, 0.15) is 5.82 Å². The van der Waals surface area contributed by atoms with E-state index in [0.29, 0.717) is 11.8 Å². The molecule has 0 fully saturated rings. The van der Waals surface area contributed by atoms with Crippen LogP contribution in [0.1, 0.15) is 62.3 Å². The monoisotopic (exact) mass is 219 g/mol. The number of hydrogen-bond acceptors (Lipinski definition) is 3. The fraction of sp³-hybridized carbons (Fsp3) is 0.692. The summed E-state index contributed by atoms with van der Waals surface area (Å²) in [5.74, 6) is 1.90. The Bertz CT molecular complexity index is 396. The molecule has 0 saturated carbocycles.